The zero-order valence-corrected chi connectivity index (χ0v) is 15.4. The predicted octanol–water partition coefficient (Wildman–Crippen LogP) is 3.96. The van der Waals surface area contributed by atoms with E-state index in [1.807, 2.05) is 0 Å². The molecule has 128 valence electrons. The fourth-order valence-electron chi connectivity index (χ4n) is 4.04. The monoisotopic (exact) mass is 322 g/mol. The van der Waals surface area contributed by atoms with Gasteiger partial charge in [0.2, 0.25) is 0 Å². The van der Waals surface area contributed by atoms with Gasteiger partial charge in [0.25, 0.3) is 0 Å². The minimum Gasteiger partial charge on any atom is -0.326 e. The third-order valence-electron chi connectivity index (χ3n) is 6.40. The molecule has 0 fully saturated rings. The van der Waals surface area contributed by atoms with E-state index in [2.05, 4.69) is 64.1 Å². The van der Waals surface area contributed by atoms with Crippen molar-refractivity contribution < 1.29 is 0 Å². The number of aryl methyl sites for hydroxylation is 2. The van der Waals surface area contributed by atoms with Crippen molar-refractivity contribution in [1.82, 2.24) is 0 Å². The molecule has 0 radical (unpaired) electrons. The Kier molecular flexibility index (Phi) is 4.31. The molecule has 2 aromatic rings. The minimum atomic E-state index is -0.0441. The first kappa shape index (κ1) is 17.2. The Morgan fingerprint density at radius 1 is 0.708 bits per heavy atom. The van der Waals surface area contributed by atoms with Crippen LogP contribution in [-0.2, 0) is 36.8 Å². The molecule has 0 aliphatic heterocycles. The molecule has 0 atom stereocenters. The Hall–Kier alpha value is -1.64. The summed E-state index contributed by atoms with van der Waals surface area (Å²) in [4.78, 5) is 0. The molecule has 0 spiro atoms. The second-order valence-corrected chi connectivity index (χ2v) is 8.14. The maximum absolute atomic E-state index is 6.07. The highest BCUT2D eigenvalue weighted by atomic mass is 14.6. The van der Waals surface area contributed by atoms with Crippen LogP contribution in [0, 0.1) is 0 Å². The second kappa shape index (κ2) is 6.02. The molecule has 0 saturated heterocycles. The van der Waals surface area contributed by atoms with Crippen molar-refractivity contribution in [2.24, 2.45) is 11.5 Å². The van der Waals surface area contributed by atoms with Crippen LogP contribution in [0.4, 0.5) is 0 Å². The lowest BCUT2D eigenvalue weighted by atomic mass is 9.59. The topological polar surface area (TPSA) is 52.0 Å². The van der Waals surface area contributed by atoms with Crippen molar-refractivity contribution >= 4 is 0 Å². The molecular formula is C22H30N2. The molecular weight excluding hydrogens is 292 g/mol. The first-order chi connectivity index (χ1) is 11.3. The summed E-state index contributed by atoms with van der Waals surface area (Å²) in [5, 5.41) is 0. The van der Waals surface area contributed by atoms with E-state index in [4.69, 9.17) is 11.5 Å². The minimum absolute atomic E-state index is 0.0441. The maximum Gasteiger partial charge on any atom is 0.0181 e. The second-order valence-electron chi connectivity index (χ2n) is 8.14. The molecule has 2 aromatic carbocycles. The molecule has 3 rings (SSSR count). The normalized spacial score (nSPS) is 18.2. The van der Waals surface area contributed by atoms with Crippen LogP contribution >= 0.6 is 0 Å². The van der Waals surface area contributed by atoms with Crippen molar-refractivity contribution in [3.63, 3.8) is 0 Å². The van der Waals surface area contributed by atoms with Crippen LogP contribution in [0.2, 0.25) is 0 Å². The Bertz CT molecular complexity index is 691. The van der Waals surface area contributed by atoms with Crippen LogP contribution < -0.4 is 11.5 Å². The molecule has 24 heavy (non-hydrogen) atoms. The van der Waals surface area contributed by atoms with Gasteiger partial charge in [-0.2, -0.15) is 0 Å². The van der Waals surface area contributed by atoms with Gasteiger partial charge in [-0.15, -0.1) is 0 Å². The lowest BCUT2D eigenvalue weighted by Crippen LogP contribution is -2.42. The van der Waals surface area contributed by atoms with E-state index >= 15 is 0 Å². The van der Waals surface area contributed by atoms with Gasteiger partial charge < -0.3 is 11.5 Å². The van der Waals surface area contributed by atoms with E-state index in [0.717, 1.165) is 12.8 Å². The van der Waals surface area contributed by atoms with Crippen LogP contribution in [0.1, 0.15) is 61.1 Å². The predicted molar refractivity (Wildman–Crippen MR) is 102 cm³/mol. The van der Waals surface area contributed by atoms with Crippen molar-refractivity contribution in [2.75, 3.05) is 0 Å². The number of fused-ring (bicyclic) bond motifs is 4. The van der Waals surface area contributed by atoms with E-state index in [-0.39, 0.29) is 10.8 Å². The first-order valence-electron chi connectivity index (χ1n) is 8.96. The van der Waals surface area contributed by atoms with Crippen molar-refractivity contribution in [1.29, 1.82) is 0 Å². The molecule has 0 aromatic heterocycles. The van der Waals surface area contributed by atoms with Crippen molar-refractivity contribution in [2.45, 2.75) is 64.5 Å². The van der Waals surface area contributed by atoms with E-state index in [0.29, 0.717) is 13.1 Å². The number of benzene rings is 2. The zero-order valence-electron chi connectivity index (χ0n) is 15.4. The number of hydrogen-bond donors (Lipinski definition) is 2. The summed E-state index contributed by atoms with van der Waals surface area (Å²) < 4.78 is 0. The number of nitrogens with two attached hydrogens (primary N) is 2. The number of rotatable bonds is 2. The molecule has 2 nitrogen and oxygen atoms in total. The SMILES string of the molecule is CC1(C)c2cc(ccc2CN)CCc2ccc(CN)c(c2)C1(C)C. The van der Waals surface area contributed by atoms with Crippen LogP contribution in [0.3, 0.4) is 0 Å². The van der Waals surface area contributed by atoms with Crippen LogP contribution in [0.25, 0.3) is 0 Å². The fraction of sp³-hybridized carbons (Fsp3) is 0.455. The first-order valence-corrected chi connectivity index (χ1v) is 8.96. The fourth-order valence-corrected chi connectivity index (χ4v) is 4.04. The highest BCUT2D eigenvalue weighted by molar-refractivity contribution is 5.47. The summed E-state index contributed by atoms with van der Waals surface area (Å²) in [7, 11) is 0. The standard InChI is InChI=1S/C22H30N2/c1-21(2)19-11-15(7-9-17(19)13-23)5-6-16-8-10-18(14-24)20(12-16)22(21,3)4/h7-12H,5-6,13-14,23-24H2,1-4H3. The zero-order chi connectivity index (χ0) is 17.5. The van der Waals surface area contributed by atoms with Crippen LogP contribution in [0.15, 0.2) is 36.4 Å². The van der Waals surface area contributed by atoms with E-state index in [9.17, 15) is 0 Å². The van der Waals surface area contributed by atoms with Gasteiger partial charge in [-0.05, 0) is 57.1 Å². The molecule has 1 aliphatic carbocycles. The molecule has 0 saturated carbocycles. The molecule has 2 heteroatoms. The van der Waals surface area contributed by atoms with E-state index in [1.54, 1.807) is 0 Å². The Labute approximate surface area is 146 Å². The maximum atomic E-state index is 6.07. The highest BCUT2D eigenvalue weighted by Gasteiger charge is 2.42. The van der Waals surface area contributed by atoms with E-state index < -0.39 is 0 Å². The average Bonchev–Trinajstić information content (AvgIpc) is 2.58. The van der Waals surface area contributed by atoms with Gasteiger partial charge >= 0.3 is 0 Å². The quantitative estimate of drug-likeness (QED) is 0.879. The van der Waals surface area contributed by atoms with Gasteiger partial charge in [-0.25, -0.2) is 0 Å². The van der Waals surface area contributed by atoms with Gasteiger partial charge in [0.05, 0.1) is 0 Å². The molecule has 0 amide bonds. The number of hydrogen-bond acceptors (Lipinski definition) is 2. The van der Waals surface area contributed by atoms with Crippen LogP contribution in [0.5, 0.6) is 0 Å². The molecule has 1 aliphatic rings. The van der Waals surface area contributed by atoms with Crippen molar-refractivity contribution in [3.8, 4) is 0 Å². The average molecular weight is 322 g/mol. The van der Waals surface area contributed by atoms with Crippen LogP contribution in [-0.4, -0.2) is 0 Å². The molecule has 0 unspecified atom stereocenters. The summed E-state index contributed by atoms with van der Waals surface area (Å²) in [5.41, 5.74) is 20.1. The van der Waals surface area contributed by atoms with Gasteiger partial charge in [0.1, 0.15) is 0 Å². The van der Waals surface area contributed by atoms with Gasteiger partial charge in [-0.1, -0.05) is 64.1 Å². The third-order valence-corrected chi connectivity index (χ3v) is 6.40. The summed E-state index contributed by atoms with van der Waals surface area (Å²) >= 11 is 0. The Morgan fingerprint density at radius 2 is 1.08 bits per heavy atom. The van der Waals surface area contributed by atoms with E-state index in [1.165, 1.54) is 33.4 Å². The van der Waals surface area contributed by atoms with Gasteiger partial charge in [0.15, 0.2) is 0 Å². The Balaban J connectivity index is 2.30. The highest BCUT2D eigenvalue weighted by Crippen LogP contribution is 2.46. The lowest BCUT2D eigenvalue weighted by Gasteiger charge is -2.45. The Morgan fingerprint density at radius 3 is 1.42 bits per heavy atom. The van der Waals surface area contributed by atoms with Crippen molar-refractivity contribution in [3.05, 3.63) is 69.8 Å². The molecule has 0 heterocycles. The smallest absolute Gasteiger partial charge is 0.0181 e. The third kappa shape index (κ3) is 2.58. The lowest BCUT2D eigenvalue weighted by molar-refractivity contribution is 0.298. The summed E-state index contributed by atoms with van der Waals surface area (Å²) in [6, 6.07) is 13.7. The summed E-state index contributed by atoms with van der Waals surface area (Å²) in [5.74, 6) is 0. The van der Waals surface area contributed by atoms with Gasteiger partial charge in [0, 0.05) is 13.1 Å². The molecule has 4 N–H and O–H groups in total. The largest absolute Gasteiger partial charge is 0.326 e. The molecule has 4 bridgehead atoms. The van der Waals surface area contributed by atoms with Gasteiger partial charge in [-0.3, -0.25) is 0 Å². The summed E-state index contributed by atoms with van der Waals surface area (Å²) in [6.07, 6.45) is 2.13. The summed E-state index contributed by atoms with van der Waals surface area (Å²) in [6.45, 7) is 10.6.